The number of aryl methyl sites for hydroxylation is 1. The summed E-state index contributed by atoms with van der Waals surface area (Å²) in [5.41, 5.74) is 9.75. The van der Waals surface area contributed by atoms with Crippen LogP contribution in [0.1, 0.15) is 28.4 Å². The van der Waals surface area contributed by atoms with Crippen LogP contribution in [0.2, 0.25) is 0 Å². The molecule has 0 saturated heterocycles. The quantitative estimate of drug-likeness (QED) is 0.486. The predicted octanol–water partition coefficient (Wildman–Crippen LogP) is 3.00. The number of nitrogens with two attached hydrogens (primary N) is 1. The van der Waals surface area contributed by atoms with E-state index in [1.807, 2.05) is 24.3 Å². The molecule has 0 heterocycles. The molecule has 2 aromatic rings. The molecule has 3 N–H and O–H groups in total. The minimum absolute atomic E-state index is 0.331. The molecule has 0 aromatic heterocycles. The van der Waals surface area contributed by atoms with Crippen molar-refractivity contribution in [2.75, 3.05) is 19.0 Å². The second kappa shape index (κ2) is 8.72. The largest absolute Gasteiger partial charge is 0.465 e. The Balaban J connectivity index is 1.87. The molecule has 2 aromatic carbocycles. The van der Waals surface area contributed by atoms with Crippen molar-refractivity contribution in [1.29, 1.82) is 0 Å². The van der Waals surface area contributed by atoms with Crippen LogP contribution in [0.3, 0.4) is 0 Å². The summed E-state index contributed by atoms with van der Waals surface area (Å²) in [4.78, 5) is 15.7. The number of benzene rings is 2. The number of nitrogens with one attached hydrogen (secondary N) is 1. The van der Waals surface area contributed by atoms with Gasteiger partial charge in [0.1, 0.15) is 0 Å². The first-order valence-electron chi connectivity index (χ1n) is 7.95. The van der Waals surface area contributed by atoms with Crippen molar-refractivity contribution < 1.29 is 9.53 Å². The van der Waals surface area contributed by atoms with Crippen molar-refractivity contribution in [2.24, 2.45) is 10.7 Å². The van der Waals surface area contributed by atoms with Crippen LogP contribution in [0, 0.1) is 0 Å². The first-order valence-corrected chi connectivity index (χ1v) is 7.95. The van der Waals surface area contributed by atoms with Gasteiger partial charge in [-0.15, -0.1) is 0 Å². The molecule has 5 nitrogen and oxygen atoms in total. The molecule has 0 atom stereocenters. The van der Waals surface area contributed by atoms with Gasteiger partial charge in [-0.05, 0) is 48.2 Å². The Kier molecular flexibility index (Phi) is 6.37. The smallest absolute Gasteiger partial charge is 0.337 e. The molecule has 126 valence electrons. The van der Waals surface area contributed by atoms with Crippen LogP contribution in [0.5, 0.6) is 0 Å². The fourth-order valence-corrected chi connectivity index (χ4v) is 2.29. The molecule has 0 fully saturated rings. The van der Waals surface area contributed by atoms with Crippen LogP contribution in [-0.4, -0.2) is 25.6 Å². The molecule has 24 heavy (non-hydrogen) atoms. The van der Waals surface area contributed by atoms with Gasteiger partial charge in [0.15, 0.2) is 5.96 Å². The van der Waals surface area contributed by atoms with E-state index in [0.29, 0.717) is 18.1 Å². The van der Waals surface area contributed by atoms with E-state index in [9.17, 15) is 4.79 Å². The molecular weight excluding hydrogens is 302 g/mol. The number of hydrogen-bond acceptors (Lipinski definition) is 3. The zero-order chi connectivity index (χ0) is 17.4. The molecule has 0 aliphatic heterocycles. The molecule has 0 radical (unpaired) electrons. The summed E-state index contributed by atoms with van der Waals surface area (Å²) in [6, 6.07) is 15.4. The van der Waals surface area contributed by atoms with E-state index < -0.39 is 0 Å². The lowest BCUT2D eigenvalue weighted by atomic mass is 10.1. The van der Waals surface area contributed by atoms with Crippen LogP contribution >= 0.6 is 0 Å². The van der Waals surface area contributed by atoms with E-state index >= 15 is 0 Å². The highest BCUT2D eigenvalue weighted by atomic mass is 16.5. The fraction of sp³-hybridized carbons (Fsp3) is 0.263. The lowest BCUT2D eigenvalue weighted by molar-refractivity contribution is 0.0600. The molecular formula is C19H23N3O2. The van der Waals surface area contributed by atoms with Gasteiger partial charge in [-0.1, -0.05) is 31.2 Å². The van der Waals surface area contributed by atoms with Crippen molar-refractivity contribution in [1.82, 2.24) is 0 Å². The third-order valence-electron chi connectivity index (χ3n) is 3.67. The van der Waals surface area contributed by atoms with Crippen molar-refractivity contribution in [3.05, 3.63) is 65.2 Å². The van der Waals surface area contributed by atoms with E-state index in [1.165, 1.54) is 12.7 Å². The number of rotatable bonds is 6. The van der Waals surface area contributed by atoms with Crippen LogP contribution < -0.4 is 11.1 Å². The fourth-order valence-electron chi connectivity index (χ4n) is 2.29. The Bertz CT molecular complexity index is 709. The van der Waals surface area contributed by atoms with E-state index in [1.54, 1.807) is 12.1 Å². The summed E-state index contributed by atoms with van der Waals surface area (Å²) in [5, 5.41) is 3.10. The number of nitrogens with zero attached hydrogens (tertiary/aromatic N) is 1. The summed E-state index contributed by atoms with van der Waals surface area (Å²) >= 11 is 0. The summed E-state index contributed by atoms with van der Waals surface area (Å²) < 4.78 is 4.68. The number of anilines is 1. The standard InChI is InChI=1S/C19H23N3O2/c1-3-14-5-4-6-17(13-14)22-19(20)21-12-11-15-7-9-16(10-8-15)18(23)24-2/h4-10,13H,3,11-12H2,1-2H3,(H3,20,21,22). The van der Waals surface area contributed by atoms with Gasteiger partial charge in [-0.2, -0.15) is 0 Å². The van der Waals surface area contributed by atoms with Gasteiger partial charge in [0.05, 0.1) is 12.7 Å². The highest BCUT2D eigenvalue weighted by molar-refractivity contribution is 5.92. The average Bonchev–Trinajstić information content (AvgIpc) is 2.61. The maximum atomic E-state index is 11.4. The number of carbonyl (C=O) groups is 1. The molecule has 0 aliphatic rings. The lowest BCUT2D eigenvalue weighted by Gasteiger charge is -2.07. The maximum absolute atomic E-state index is 11.4. The van der Waals surface area contributed by atoms with Gasteiger partial charge in [0.2, 0.25) is 0 Å². The van der Waals surface area contributed by atoms with Crippen LogP contribution in [0.4, 0.5) is 5.69 Å². The third kappa shape index (κ3) is 5.12. The van der Waals surface area contributed by atoms with Crippen LogP contribution in [-0.2, 0) is 17.6 Å². The molecule has 5 heteroatoms. The Morgan fingerprint density at radius 3 is 2.58 bits per heavy atom. The van der Waals surface area contributed by atoms with E-state index in [2.05, 4.69) is 34.1 Å². The summed E-state index contributed by atoms with van der Waals surface area (Å²) in [5.74, 6) is 0.0664. The maximum Gasteiger partial charge on any atom is 0.337 e. The highest BCUT2D eigenvalue weighted by Gasteiger charge is 2.04. The van der Waals surface area contributed by atoms with Gasteiger partial charge in [-0.3, -0.25) is 4.99 Å². The SMILES string of the molecule is CCc1cccc(NC(N)=NCCc2ccc(C(=O)OC)cc2)c1. The molecule has 0 aliphatic carbocycles. The van der Waals surface area contributed by atoms with Gasteiger partial charge in [0.25, 0.3) is 0 Å². The average molecular weight is 325 g/mol. The summed E-state index contributed by atoms with van der Waals surface area (Å²) in [7, 11) is 1.37. The molecule has 0 amide bonds. The molecule has 0 bridgehead atoms. The number of ether oxygens (including phenoxy) is 1. The number of aliphatic imine (C=N–C) groups is 1. The highest BCUT2D eigenvalue weighted by Crippen LogP contribution is 2.11. The zero-order valence-electron chi connectivity index (χ0n) is 14.1. The van der Waals surface area contributed by atoms with Gasteiger partial charge < -0.3 is 15.8 Å². The van der Waals surface area contributed by atoms with Gasteiger partial charge in [0, 0.05) is 12.2 Å². The molecule has 0 saturated carbocycles. The van der Waals surface area contributed by atoms with Crippen molar-refractivity contribution in [3.8, 4) is 0 Å². The Morgan fingerprint density at radius 1 is 1.17 bits per heavy atom. The van der Waals surface area contributed by atoms with E-state index in [0.717, 1.165) is 24.1 Å². The minimum atomic E-state index is -0.331. The zero-order valence-corrected chi connectivity index (χ0v) is 14.1. The number of hydrogen-bond donors (Lipinski definition) is 2. The predicted molar refractivity (Wildman–Crippen MR) is 97.4 cm³/mol. The second-order valence-electron chi connectivity index (χ2n) is 5.38. The van der Waals surface area contributed by atoms with Crippen molar-refractivity contribution >= 4 is 17.6 Å². The lowest BCUT2D eigenvalue weighted by Crippen LogP contribution is -2.23. The minimum Gasteiger partial charge on any atom is -0.465 e. The summed E-state index contributed by atoms with van der Waals surface area (Å²) in [6.45, 7) is 2.69. The van der Waals surface area contributed by atoms with Crippen molar-refractivity contribution in [3.63, 3.8) is 0 Å². The Morgan fingerprint density at radius 2 is 1.92 bits per heavy atom. The Labute approximate surface area is 142 Å². The van der Waals surface area contributed by atoms with E-state index in [-0.39, 0.29) is 5.97 Å². The van der Waals surface area contributed by atoms with E-state index in [4.69, 9.17) is 5.73 Å². The van der Waals surface area contributed by atoms with Crippen LogP contribution in [0.25, 0.3) is 0 Å². The number of esters is 1. The second-order valence-corrected chi connectivity index (χ2v) is 5.38. The monoisotopic (exact) mass is 325 g/mol. The van der Waals surface area contributed by atoms with Gasteiger partial charge >= 0.3 is 5.97 Å². The van der Waals surface area contributed by atoms with Crippen molar-refractivity contribution in [2.45, 2.75) is 19.8 Å². The molecule has 2 rings (SSSR count). The topological polar surface area (TPSA) is 76.7 Å². The first-order chi connectivity index (χ1) is 11.6. The molecule has 0 unspecified atom stereocenters. The van der Waals surface area contributed by atoms with Gasteiger partial charge in [-0.25, -0.2) is 4.79 Å². The summed E-state index contributed by atoms with van der Waals surface area (Å²) in [6.07, 6.45) is 1.73. The first kappa shape index (κ1) is 17.5. The molecule has 0 spiro atoms. The number of guanidine groups is 1. The van der Waals surface area contributed by atoms with Crippen LogP contribution in [0.15, 0.2) is 53.5 Å². The Hall–Kier alpha value is -2.82. The number of carbonyl (C=O) groups excluding carboxylic acids is 1. The number of methoxy groups -OCH3 is 1. The third-order valence-corrected chi connectivity index (χ3v) is 3.67. The normalized spacial score (nSPS) is 11.2.